The van der Waals surface area contributed by atoms with Gasteiger partial charge in [-0.3, -0.25) is 0 Å². The first kappa shape index (κ1) is 16.5. The summed E-state index contributed by atoms with van der Waals surface area (Å²) in [5, 5.41) is 6.85. The van der Waals surface area contributed by atoms with E-state index < -0.39 is 0 Å². The van der Waals surface area contributed by atoms with E-state index in [9.17, 15) is 4.79 Å². The number of benzene rings is 2. The Labute approximate surface area is 145 Å². The minimum absolute atomic E-state index is 0.162. The lowest BCUT2D eigenvalue weighted by molar-refractivity contribution is 0.247. The molecule has 2 N–H and O–H groups in total. The van der Waals surface area contributed by atoms with Gasteiger partial charge >= 0.3 is 6.03 Å². The normalized spacial score (nSPS) is 11.0. The monoisotopic (exact) mass is 339 g/mol. The molecule has 0 saturated carbocycles. The van der Waals surface area contributed by atoms with E-state index in [0.29, 0.717) is 0 Å². The third-order valence-corrected chi connectivity index (χ3v) is 5.07. The highest BCUT2D eigenvalue weighted by Gasteiger charge is 2.10. The lowest BCUT2D eigenvalue weighted by atomic mass is 10.2. The first-order chi connectivity index (χ1) is 11.7. The number of nitrogens with one attached hydrogen (secondary N) is 2. The molecule has 0 aliphatic rings. The zero-order valence-corrected chi connectivity index (χ0v) is 14.7. The van der Waals surface area contributed by atoms with Crippen molar-refractivity contribution in [3.8, 4) is 10.6 Å². The number of anilines is 1. The van der Waals surface area contributed by atoms with Gasteiger partial charge in [0.15, 0.2) is 0 Å². The van der Waals surface area contributed by atoms with Crippen LogP contribution in [0.4, 0.5) is 10.5 Å². The molecule has 2 aromatic carbocycles. The van der Waals surface area contributed by atoms with Crippen LogP contribution in [0.25, 0.3) is 20.8 Å². The predicted molar refractivity (Wildman–Crippen MR) is 102 cm³/mol. The molecule has 2 amide bonds. The standard InChI is InChI=1S/C19H21N3OS/c1-3-14(4-2)20-19(23)21-15-9-7-8-13(12-15)18-22-16-10-5-6-11-17(16)24-18/h5-12,14H,3-4H2,1-2H3,(H2,20,21,23). The zero-order chi connectivity index (χ0) is 16.9. The van der Waals surface area contributed by atoms with Crippen molar-refractivity contribution in [2.45, 2.75) is 32.7 Å². The maximum Gasteiger partial charge on any atom is 0.319 e. The van der Waals surface area contributed by atoms with Crippen LogP contribution in [-0.2, 0) is 0 Å². The Hall–Kier alpha value is -2.40. The highest BCUT2D eigenvalue weighted by molar-refractivity contribution is 7.21. The van der Waals surface area contributed by atoms with Crippen molar-refractivity contribution < 1.29 is 4.79 Å². The summed E-state index contributed by atoms with van der Waals surface area (Å²) in [5.74, 6) is 0. The van der Waals surface area contributed by atoms with Crippen LogP contribution in [0, 0.1) is 0 Å². The average molecular weight is 339 g/mol. The molecule has 3 rings (SSSR count). The van der Waals surface area contributed by atoms with Crippen LogP contribution in [-0.4, -0.2) is 17.1 Å². The van der Waals surface area contributed by atoms with Crippen molar-refractivity contribution in [2.75, 3.05) is 5.32 Å². The number of carbonyl (C=O) groups excluding carboxylic acids is 1. The summed E-state index contributed by atoms with van der Waals surface area (Å²) < 4.78 is 1.16. The second-order valence-electron chi connectivity index (χ2n) is 5.68. The number of hydrogen-bond acceptors (Lipinski definition) is 3. The molecule has 0 bridgehead atoms. The molecule has 4 nitrogen and oxygen atoms in total. The largest absolute Gasteiger partial charge is 0.335 e. The van der Waals surface area contributed by atoms with Gasteiger partial charge in [-0.2, -0.15) is 0 Å². The van der Waals surface area contributed by atoms with Gasteiger partial charge in [0, 0.05) is 17.3 Å². The number of aromatic nitrogens is 1. The van der Waals surface area contributed by atoms with Crippen LogP contribution >= 0.6 is 11.3 Å². The topological polar surface area (TPSA) is 54.0 Å². The second kappa shape index (κ2) is 7.45. The molecule has 3 aromatic rings. The molecular formula is C19H21N3OS. The minimum Gasteiger partial charge on any atom is -0.335 e. The van der Waals surface area contributed by atoms with Gasteiger partial charge in [0.05, 0.1) is 10.2 Å². The first-order valence-electron chi connectivity index (χ1n) is 8.23. The Bertz CT molecular complexity index is 806. The molecule has 0 aliphatic heterocycles. The number of carbonyl (C=O) groups is 1. The number of thiazole rings is 1. The van der Waals surface area contributed by atoms with Crippen molar-refractivity contribution in [1.82, 2.24) is 10.3 Å². The Balaban J connectivity index is 1.77. The molecule has 0 spiro atoms. The molecule has 1 aromatic heterocycles. The fourth-order valence-electron chi connectivity index (χ4n) is 2.57. The van der Waals surface area contributed by atoms with Crippen LogP contribution < -0.4 is 10.6 Å². The van der Waals surface area contributed by atoms with E-state index in [1.165, 1.54) is 0 Å². The number of para-hydroxylation sites is 1. The molecule has 0 unspecified atom stereocenters. The van der Waals surface area contributed by atoms with E-state index >= 15 is 0 Å². The van der Waals surface area contributed by atoms with Crippen LogP contribution in [0.15, 0.2) is 48.5 Å². The number of rotatable bonds is 5. The Morgan fingerprint density at radius 1 is 1.12 bits per heavy atom. The van der Waals surface area contributed by atoms with Crippen molar-refractivity contribution in [3.05, 3.63) is 48.5 Å². The van der Waals surface area contributed by atoms with Gasteiger partial charge in [0.1, 0.15) is 5.01 Å². The molecule has 0 radical (unpaired) electrons. The maximum absolute atomic E-state index is 12.1. The summed E-state index contributed by atoms with van der Waals surface area (Å²) in [5.41, 5.74) is 2.79. The van der Waals surface area contributed by atoms with Crippen molar-refractivity contribution in [3.63, 3.8) is 0 Å². The molecule has 0 aliphatic carbocycles. The highest BCUT2D eigenvalue weighted by Crippen LogP contribution is 2.31. The van der Waals surface area contributed by atoms with Gasteiger partial charge in [-0.15, -0.1) is 11.3 Å². The third-order valence-electron chi connectivity index (χ3n) is 3.98. The van der Waals surface area contributed by atoms with Gasteiger partial charge in [-0.05, 0) is 37.1 Å². The zero-order valence-electron chi connectivity index (χ0n) is 13.9. The molecular weight excluding hydrogens is 318 g/mol. The lowest BCUT2D eigenvalue weighted by Crippen LogP contribution is -2.37. The number of nitrogens with zero attached hydrogens (tertiary/aromatic N) is 1. The molecule has 1 heterocycles. The van der Waals surface area contributed by atoms with Gasteiger partial charge < -0.3 is 10.6 Å². The second-order valence-corrected chi connectivity index (χ2v) is 6.71. The Morgan fingerprint density at radius 3 is 2.67 bits per heavy atom. The van der Waals surface area contributed by atoms with E-state index in [1.807, 2.05) is 42.5 Å². The molecule has 0 saturated heterocycles. The van der Waals surface area contributed by atoms with Gasteiger partial charge in [0.25, 0.3) is 0 Å². The summed E-state index contributed by atoms with van der Waals surface area (Å²) in [6.45, 7) is 4.14. The van der Waals surface area contributed by atoms with Crippen LogP contribution in [0.3, 0.4) is 0 Å². The summed E-state index contributed by atoms with van der Waals surface area (Å²) in [6, 6.07) is 15.9. The first-order valence-corrected chi connectivity index (χ1v) is 9.04. The number of urea groups is 1. The van der Waals surface area contributed by atoms with E-state index in [0.717, 1.165) is 39.3 Å². The Morgan fingerprint density at radius 2 is 1.92 bits per heavy atom. The minimum atomic E-state index is -0.162. The van der Waals surface area contributed by atoms with Gasteiger partial charge in [-0.25, -0.2) is 9.78 Å². The van der Waals surface area contributed by atoms with Gasteiger partial charge in [0.2, 0.25) is 0 Å². The lowest BCUT2D eigenvalue weighted by Gasteiger charge is -2.15. The molecule has 0 atom stereocenters. The molecule has 5 heteroatoms. The van der Waals surface area contributed by atoms with Crippen molar-refractivity contribution >= 4 is 33.3 Å². The van der Waals surface area contributed by atoms with Crippen molar-refractivity contribution in [2.24, 2.45) is 0 Å². The van der Waals surface area contributed by atoms with E-state index in [4.69, 9.17) is 0 Å². The van der Waals surface area contributed by atoms with Crippen LogP contribution in [0.5, 0.6) is 0 Å². The maximum atomic E-state index is 12.1. The van der Waals surface area contributed by atoms with E-state index in [-0.39, 0.29) is 12.1 Å². The predicted octanol–water partition coefficient (Wildman–Crippen LogP) is 5.27. The van der Waals surface area contributed by atoms with Crippen LogP contribution in [0.1, 0.15) is 26.7 Å². The summed E-state index contributed by atoms with van der Waals surface area (Å²) >= 11 is 1.66. The average Bonchev–Trinajstić information content (AvgIpc) is 3.04. The highest BCUT2D eigenvalue weighted by atomic mass is 32.1. The van der Waals surface area contributed by atoms with Crippen LogP contribution in [0.2, 0.25) is 0 Å². The quantitative estimate of drug-likeness (QED) is 0.665. The SMILES string of the molecule is CCC(CC)NC(=O)Nc1cccc(-c2nc3ccccc3s2)c1. The smallest absolute Gasteiger partial charge is 0.319 e. The number of amides is 2. The number of fused-ring (bicyclic) bond motifs is 1. The molecule has 124 valence electrons. The molecule has 0 fully saturated rings. The Kier molecular flexibility index (Phi) is 5.11. The van der Waals surface area contributed by atoms with E-state index in [2.05, 4.69) is 35.5 Å². The number of hydrogen-bond donors (Lipinski definition) is 2. The summed E-state index contributed by atoms with van der Waals surface area (Å²) in [6.07, 6.45) is 1.85. The molecule has 24 heavy (non-hydrogen) atoms. The third kappa shape index (κ3) is 3.74. The fourth-order valence-corrected chi connectivity index (χ4v) is 3.53. The fraction of sp³-hybridized carbons (Fsp3) is 0.263. The summed E-state index contributed by atoms with van der Waals surface area (Å²) in [7, 11) is 0. The summed E-state index contributed by atoms with van der Waals surface area (Å²) in [4.78, 5) is 16.8. The van der Waals surface area contributed by atoms with Gasteiger partial charge in [-0.1, -0.05) is 38.1 Å². The van der Waals surface area contributed by atoms with Crippen molar-refractivity contribution in [1.29, 1.82) is 0 Å². The van der Waals surface area contributed by atoms with E-state index in [1.54, 1.807) is 11.3 Å².